The van der Waals surface area contributed by atoms with Gasteiger partial charge in [-0.2, -0.15) is 0 Å². The van der Waals surface area contributed by atoms with Crippen LogP contribution in [0.2, 0.25) is 0 Å². The summed E-state index contributed by atoms with van der Waals surface area (Å²) in [6.07, 6.45) is 17.6. The first-order chi connectivity index (χ1) is 10.7. The second-order valence-electron chi connectivity index (χ2n) is 7.27. The van der Waals surface area contributed by atoms with E-state index in [9.17, 15) is 15.3 Å². The van der Waals surface area contributed by atoms with Crippen LogP contribution >= 0.6 is 0 Å². The van der Waals surface area contributed by atoms with Crippen molar-refractivity contribution in [2.45, 2.75) is 114 Å². The Morgan fingerprint density at radius 1 is 0.636 bits per heavy atom. The minimum atomic E-state index is -1.29. The smallest absolute Gasteiger partial charge is 0.113 e. The summed E-state index contributed by atoms with van der Waals surface area (Å²) in [5.74, 6) is 0. The molecule has 0 aromatic rings. The summed E-state index contributed by atoms with van der Waals surface area (Å²) in [6.45, 7) is -0.325. The van der Waals surface area contributed by atoms with E-state index in [1.165, 1.54) is 64.2 Å². The van der Waals surface area contributed by atoms with E-state index in [0.29, 0.717) is 12.8 Å². The van der Waals surface area contributed by atoms with Crippen molar-refractivity contribution in [1.29, 1.82) is 0 Å². The molecule has 3 N–H and O–H groups in total. The standard InChI is InChI=1S/C19H38O3/c20-17-19(22)16-14-12-10-8-6-4-2-1-3-5-7-9-11-13-15-18(19)21/h18,20-22H,1-17H2. The van der Waals surface area contributed by atoms with E-state index in [2.05, 4.69) is 0 Å². The Morgan fingerprint density at radius 2 is 1.00 bits per heavy atom. The highest BCUT2D eigenvalue weighted by Crippen LogP contribution is 2.24. The van der Waals surface area contributed by atoms with Crippen LogP contribution in [0.3, 0.4) is 0 Å². The lowest BCUT2D eigenvalue weighted by Gasteiger charge is -2.31. The predicted octanol–water partition coefficient (Wildman–Crippen LogP) is 4.33. The van der Waals surface area contributed by atoms with Crippen LogP contribution in [0, 0.1) is 0 Å². The van der Waals surface area contributed by atoms with Gasteiger partial charge in [0.15, 0.2) is 0 Å². The van der Waals surface area contributed by atoms with Crippen molar-refractivity contribution in [2.75, 3.05) is 6.61 Å². The van der Waals surface area contributed by atoms with Gasteiger partial charge in [0.05, 0.1) is 12.7 Å². The molecule has 2 unspecified atom stereocenters. The molecule has 0 radical (unpaired) electrons. The topological polar surface area (TPSA) is 60.7 Å². The summed E-state index contributed by atoms with van der Waals surface area (Å²) < 4.78 is 0. The van der Waals surface area contributed by atoms with Gasteiger partial charge in [-0.25, -0.2) is 0 Å². The molecule has 0 spiro atoms. The van der Waals surface area contributed by atoms with E-state index >= 15 is 0 Å². The molecule has 1 aliphatic rings. The van der Waals surface area contributed by atoms with Gasteiger partial charge in [0.1, 0.15) is 5.60 Å². The summed E-state index contributed by atoms with van der Waals surface area (Å²) in [7, 11) is 0. The first-order valence-corrected chi connectivity index (χ1v) is 9.70. The van der Waals surface area contributed by atoms with Crippen molar-refractivity contribution in [3.05, 3.63) is 0 Å². The Hall–Kier alpha value is -0.120. The van der Waals surface area contributed by atoms with Crippen LogP contribution in [0.25, 0.3) is 0 Å². The molecule has 0 aliphatic heterocycles. The third-order valence-corrected chi connectivity index (χ3v) is 5.23. The zero-order chi connectivity index (χ0) is 16.1. The Labute approximate surface area is 137 Å². The van der Waals surface area contributed by atoms with Crippen LogP contribution in [0.15, 0.2) is 0 Å². The van der Waals surface area contributed by atoms with Crippen LogP contribution in [-0.4, -0.2) is 33.6 Å². The van der Waals surface area contributed by atoms with Crippen LogP contribution < -0.4 is 0 Å². The number of aliphatic hydroxyl groups excluding tert-OH is 2. The fourth-order valence-electron chi connectivity index (χ4n) is 3.51. The van der Waals surface area contributed by atoms with Crippen LogP contribution in [0.4, 0.5) is 0 Å². The molecule has 3 heteroatoms. The lowest BCUT2D eigenvalue weighted by atomic mass is 9.87. The second-order valence-corrected chi connectivity index (χ2v) is 7.27. The molecule has 1 aliphatic carbocycles. The summed E-state index contributed by atoms with van der Waals surface area (Å²) >= 11 is 0. The Kier molecular flexibility index (Phi) is 11.2. The summed E-state index contributed by atoms with van der Waals surface area (Å²) in [4.78, 5) is 0. The minimum Gasteiger partial charge on any atom is -0.393 e. The molecule has 0 saturated heterocycles. The third-order valence-electron chi connectivity index (χ3n) is 5.23. The summed E-state index contributed by atoms with van der Waals surface area (Å²) in [6, 6.07) is 0. The van der Waals surface area contributed by atoms with Gasteiger partial charge in [-0.1, -0.05) is 89.9 Å². The molecule has 0 aromatic carbocycles. The van der Waals surface area contributed by atoms with Gasteiger partial charge in [-0.3, -0.25) is 0 Å². The second kappa shape index (κ2) is 12.3. The van der Waals surface area contributed by atoms with Crippen molar-refractivity contribution in [3.8, 4) is 0 Å². The van der Waals surface area contributed by atoms with Gasteiger partial charge in [0, 0.05) is 0 Å². The van der Waals surface area contributed by atoms with E-state index in [-0.39, 0.29) is 6.61 Å². The molecule has 1 saturated carbocycles. The van der Waals surface area contributed by atoms with E-state index in [1.807, 2.05) is 0 Å². The quantitative estimate of drug-likeness (QED) is 0.675. The van der Waals surface area contributed by atoms with Crippen molar-refractivity contribution in [2.24, 2.45) is 0 Å². The lowest BCUT2D eigenvalue weighted by Crippen LogP contribution is -2.45. The third kappa shape index (κ3) is 8.50. The van der Waals surface area contributed by atoms with Crippen LogP contribution in [0.5, 0.6) is 0 Å². The Morgan fingerprint density at radius 3 is 1.41 bits per heavy atom. The average Bonchev–Trinajstić information content (AvgIpc) is 2.53. The van der Waals surface area contributed by atoms with Gasteiger partial charge in [0.2, 0.25) is 0 Å². The van der Waals surface area contributed by atoms with Crippen molar-refractivity contribution < 1.29 is 15.3 Å². The first kappa shape index (κ1) is 19.9. The summed E-state index contributed by atoms with van der Waals surface area (Å²) in [5.41, 5.74) is -1.29. The predicted molar refractivity (Wildman–Crippen MR) is 91.9 cm³/mol. The van der Waals surface area contributed by atoms with Crippen LogP contribution in [0.1, 0.15) is 103 Å². The van der Waals surface area contributed by atoms with E-state index < -0.39 is 11.7 Å². The van der Waals surface area contributed by atoms with Gasteiger partial charge < -0.3 is 15.3 Å². The zero-order valence-corrected chi connectivity index (χ0v) is 14.4. The van der Waals surface area contributed by atoms with Gasteiger partial charge in [0.25, 0.3) is 0 Å². The fourth-order valence-corrected chi connectivity index (χ4v) is 3.51. The van der Waals surface area contributed by atoms with E-state index in [4.69, 9.17) is 0 Å². The van der Waals surface area contributed by atoms with Crippen molar-refractivity contribution >= 4 is 0 Å². The van der Waals surface area contributed by atoms with Gasteiger partial charge in [-0.15, -0.1) is 0 Å². The monoisotopic (exact) mass is 314 g/mol. The highest BCUT2D eigenvalue weighted by atomic mass is 16.4. The largest absolute Gasteiger partial charge is 0.393 e. The molecular weight excluding hydrogens is 276 g/mol. The molecule has 132 valence electrons. The maximum Gasteiger partial charge on any atom is 0.113 e. The van der Waals surface area contributed by atoms with Crippen molar-refractivity contribution in [1.82, 2.24) is 0 Å². The molecule has 3 nitrogen and oxygen atoms in total. The highest BCUT2D eigenvalue weighted by Gasteiger charge is 2.33. The van der Waals surface area contributed by atoms with E-state index in [1.54, 1.807) is 0 Å². The molecule has 0 aromatic heterocycles. The fraction of sp³-hybridized carbons (Fsp3) is 1.00. The number of hydrogen-bond donors (Lipinski definition) is 3. The van der Waals surface area contributed by atoms with Crippen LogP contribution in [-0.2, 0) is 0 Å². The molecule has 1 fully saturated rings. The van der Waals surface area contributed by atoms with Crippen molar-refractivity contribution in [3.63, 3.8) is 0 Å². The maximum atomic E-state index is 10.4. The van der Waals surface area contributed by atoms with Gasteiger partial charge in [-0.05, 0) is 12.8 Å². The SMILES string of the molecule is OCC1(O)CCCCCCCCCCCCCCCCC1O. The first-order valence-electron chi connectivity index (χ1n) is 9.70. The molecule has 0 heterocycles. The molecule has 0 amide bonds. The van der Waals surface area contributed by atoms with Gasteiger partial charge >= 0.3 is 0 Å². The normalized spacial score (nSPS) is 32.0. The lowest BCUT2D eigenvalue weighted by molar-refractivity contribution is -0.114. The average molecular weight is 315 g/mol. The molecule has 22 heavy (non-hydrogen) atoms. The minimum absolute atomic E-state index is 0.325. The molecular formula is C19H38O3. The molecule has 0 bridgehead atoms. The Bertz CT molecular complexity index is 257. The summed E-state index contributed by atoms with van der Waals surface area (Å²) in [5, 5.41) is 30.1. The molecule has 2 atom stereocenters. The number of aliphatic hydroxyl groups is 3. The molecule has 1 rings (SSSR count). The zero-order valence-electron chi connectivity index (χ0n) is 14.4. The number of hydrogen-bond acceptors (Lipinski definition) is 3. The number of rotatable bonds is 1. The highest BCUT2D eigenvalue weighted by molar-refractivity contribution is 4.85. The van der Waals surface area contributed by atoms with E-state index in [0.717, 1.165) is 25.7 Å². The maximum absolute atomic E-state index is 10.4. The Balaban J connectivity index is 2.36.